The summed E-state index contributed by atoms with van der Waals surface area (Å²) in [6.45, 7) is 2.70. The Labute approximate surface area is 115 Å². The molecule has 0 aromatic rings. The molecule has 6 heteroatoms. The Morgan fingerprint density at radius 1 is 1.00 bits per heavy atom. The monoisotopic (exact) mass is 272 g/mol. The quantitative estimate of drug-likeness (QED) is 0.382. The average molecular weight is 272 g/mol. The lowest BCUT2D eigenvalue weighted by atomic mass is 10.1. The number of rotatable bonds is 11. The van der Waals surface area contributed by atoms with Crippen molar-refractivity contribution in [3.8, 4) is 0 Å². The number of Topliss-reactive ketones (excluding diaryl/α,β-unsaturated/α-hetero) is 1. The Kier molecular flexibility index (Phi) is 10.3. The first-order valence-electron chi connectivity index (χ1n) is 6.98. The molecule has 0 aliphatic rings. The number of carbonyl (C=O) groups is 2. The number of carbonyl (C=O) groups excluding carboxylic acids is 2. The average Bonchev–Trinajstić information content (AvgIpc) is 2.37. The molecule has 0 radical (unpaired) electrons. The van der Waals surface area contributed by atoms with Gasteiger partial charge in [-0.05, 0) is 45.6 Å². The number of nitrogens with one attached hydrogen (secondary N) is 1. The third-order valence-corrected chi connectivity index (χ3v) is 3.07. The third kappa shape index (κ3) is 9.58. The fourth-order valence-electron chi connectivity index (χ4n) is 1.67. The van der Waals surface area contributed by atoms with Gasteiger partial charge >= 0.3 is 0 Å². The van der Waals surface area contributed by atoms with Crippen LogP contribution in [0, 0.1) is 0 Å². The molecule has 0 spiro atoms. The summed E-state index contributed by atoms with van der Waals surface area (Å²) in [6, 6.07) is -0.833. The first kappa shape index (κ1) is 18.0. The number of ketones is 1. The molecule has 7 N–H and O–H groups in total. The zero-order chi connectivity index (χ0) is 14.7. The molecule has 0 saturated heterocycles. The Morgan fingerprint density at radius 3 is 2.16 bits per heavy atom. The lowest BCUT2D eigenvalue weighted by molar-refractivity contribution is -0.122. The van der Waals surface area contributed by atoms with Crippen LogP contribution in [0.5, 0.6) is 0 Å². The second kappa shape index (κ2) is 10.9. The minimum Gasteiger partial charge on any atom is -0.355 e. The maximum absolute atomic E-state index is 11.6. The van der Waals surface area contributed by atoms with Crippen molar-refractivity contribution in [3.63, 3.8) is 0 Å². The maximum atomic E-state index is 11.6. The molecule has 0 heterocycles. The summed E-state index contributed by atoms with van der Waals surface area (Å²) in [5.74, 6) is -0.112. The lowest BCUT2D eigenvalue weighted by Crippen LogP contribution is -2.41. The van der Waals surface area contributed by atoms with E-state index in [4.69, 9.17) is 17.2 Å². The van der Waals surface area contributed by atoms with Gasteiger partial charge < -0.3 is 22.5 Å². The van der Waals surface area contributed by atoms with Gasteiger partial charge in [0, 0.05) is 6.54 Å². The first-order chi connectivity index (χ1) is 8.99. The Morgan fingerprint density at radius 2 is 1.58 bits per heavy atom. The van der Waals surface area contributed by atoms with E-state index in [2.05, 4.69) is 5.32 Å². The molecule has 0 aliphatic heterocycles. The molecule has 19 heavy (non-hydrogen) atoms. The topological polar surface area (TPSA) is 124 Å². The number of hydrogen-bond acceptors (Lipinski definition) is 5. The summed E-state index contributed by atoms with van der Waals surface area (Å²) >= 11 is 0. The van der Waals surface area contributed by atoms with E-state index < -0.39 is 6.04 Å². The molecule has 1 amide bonds. The number of amides is 1. The van der Waals surface area contributed by atoms with Crippen molar-refractivity contribution >= 4 is 11.7 Å². The number of unbranched alkanes of at least 4 members (excludes halogenated alkanes) is 2. The van der Waals surface area contributed by atoms with Gasteiger partial charge in [-0.3, -0.25) is 9.59 Å². The van der Waals surface area contributed by atoms with Crippen LogP contribution in [0.1, 0.15) is 45.4 Å². The van der Waals surface area contributed by atoms with Gasteiger partial charge in [0.25, 0.3) is 0 Å². The highest BCUT2D eigenvalue weighted by Gasteiger charge is 2.12. The van der Waals surface area contributed by atoms with Gasteiger partial charge in [0.15, 0.2) is 0 Å². The third-order valence-electron chi connectivity index (χ3n) is 3.07. The van der Waals surface area contributed by atoms with Gasteiger partial charge in [-0.25, -0.2) is 0 Å². The van der Waals surface area contributed by atoms with Gasteiger partial charge in [0.1, 0.15) is 5.78 Å². The standard InChI is InChI=1S/C13H28N4O2/c1-10(18)11(15)6-3-5-9-17-13(19)12(16)7-2-4-8-14/h11-12H,2-9,14-16H2,1H3,(H,17,19)/t11-,12-/m0/s1. The molecule has 112 valence electrons. The summed E-state index contributed by atoms with van der Waals surface area (Å²) < 4.78 is 0. The molecule has 0 aliphatic carbocycles. The van der Waals surface area contributed by atoms with Crippen molar-refractivity contribution in [2.75, 3.05) is 13.1 Å². The minimum atomic E-state index is -0.453. The van der Waals surface area contributed by atoms with Gasteiger partial charge in [-0.1, -0.05) is 6.42 Å². The molecule has 0 fully saturated rings. The molecular formula is C13H28N4O2. The number of nitrogens with two attached hydrogens (primary N) is 3. The van der Waals surface area contributed by atoms with E-state index in [1.54, 1.807) is 0 Å². The van der Waals surface area contributed by atoms with E-state index in [9.17, 15) is 9.59 Å². The van der Waals surface area contributed by atoms with Crippen LogP contribution in [0.15, 0.2) is 0 Å². The predicted octanol–water partition coefficient (Wildman–Crippen LogP) is -0.354. The highest BCUT2D eigenvalue weighted by atomic mass is 16.2. The highest BCUT2D eigenvalue weighted by Crippen LogP contribution is 2.00. The fraction of sp³-hybridized carbons (Fsp3) is 0.846. The van der Waals surface area contributed by atoms with Crippen LogP contribution in [-0.2, 0) is 9.59 Å². The van der Waals surface area contributed by atoms with Gasteiger partial charge in [0.2, 0.25) is 5.91 Å². The van der Waals surface area contributed by atoms with Crippen molar-refractivity contribution in [1.29, 1.82) is 0 Å². The largest absolute Gasteiger partial charge is 0.355 e. The lowest BCUT2D eigenvalue weighted by Gasteiger charge is -2.12. The first-order valence-corrected chi connectivity index (χ1v) is 6.98. The van der Waals surface area contributed by atoms with Crippen LogP contribution in [-0.4, -0.2) is 36.9 Å². The zero-order valence-electron chi connectivity index (χ0n) is 11.9. The molecule has 6 nitrogen and oxygen atoms in total. The summed E-state index contributed by atoms with van der Waals surface area (Å²) in [6.07, 6.45) is 4.72. The molecule has 0 aromatic heterocycles. The Hall–Kier alpha value is -0.980. The van der Waals surface area contributed by atoms with Crippen LogP contribution < -0.4 is 22.5 Å². The van der Waals surface area contributed by atoms with E-state index in [1.807, 2.05) is 0 Å². The van der Waals surface area contributed by atoms with Gasteiger partial charge in [0.05, 0.1) is 12.1 Å². The smallest absolute Gasteiger partial charge is 0.236 e. The van der Waals surface area contributed by atoms with E-state index in [-0.39, 0.29) is 17.7 Å². The molecule has 0 aromatic carbocycles. The van der Waals surface area contributed by atoms with E-state index in [0.29, 0.717) is 25.9 Å². The van der Waals surface area contributed by atoms with Gasteiger partial charge in [-0.2, -0.15) is 0 Å². The zero-order valence-corrected chi connectivity index (χ0v) is 11.9. The minimum absolute atomic E-state index is 0.00552. The van der Waals surface area contributed by atoms with Crippen LogP contribution in [0.3, 0.4) is 0 Å². The normalized spacial score (nSPS) is 13.9. The Bertz CT molecular complexity index is 271. The van der Waals surface area contributed by atoms with Crippen LogP contribution in [0.4, 0.5) is 0 Å². The summed E-state index contributed by atoms with van der Waals surface area (Å²) in [7, 11) is 0. The van der Waals surface area contributed by atoms with Crippen molar-refractivity contribution in [1.82, 2.24) is 5.32 Å². The van der Waals surface area contributed by atoms with Crippen molar-refractivity contribution in [3.05, 3.63) is 0 Å². The number of hydrogen-bond donors (Lipinski definition) is 4. The van der Waals surface area contributed by atoms with E-state index >= 15 is 0 Å². The van der Waals surface area contributed by atoms with Crippen LogP contribution in [0.2, 0.25) is 0 Å². The second-order valence-electron chi connectivity index (χ2n) is 4.89. The van der Waals surface area contributed by atoms with Crippen molar-refractivity contribution in [2.24, 2.45) is 17.2 Å². The fourth-order valence-corrected chi connectivity index (χ4v) is 1.67. The van der Waals surface area contributed by atoms with Crippen LogP contribution >= 0.6 is 0 Å². The van der Waals surface area contributed by atoms with Crippen LogP contribution in [0.25, 0.3) is 0 Å². The maximum Gasteiger partial charge on any atom is 0.236 e. The SMILES string of the molecule is CC(=O)[C@@H](N)CCCCNC(=O)[C@@H](N)CCCCN. The summed E-state index contributed by atoms with van der Waals surface area (Å²) in [5, 5.41) is 2.79. The Balaban J connectivity index is 3.54. The van der Waals surface area contributed by atoms with Crippen molar-refractivity contribution in [2.45, 2.75) is 57.5 Å². The molecule has 0 unspecified atom stereocenters. The summed E-state index contributed by atoms with van der Waals surface area (Å²) in [5.41, 5.74) is 16.7. The van der Waals surface area contributed by atoms with E-state index in [0.717, 1.165) is 25.7 Å². The molecule has 0 rings (SSSR count). The van der Waals surface area contributed by atoms with E-state index in [1.165, 1.54) is 6.92 Å². The highest BCUT2D eigenvalue weighted by molar-refractivity contribution is 5.81. The molecule has 0 bridgehead atoms. The second-order valence-corrected chi connectivity index (χ2v) is 4.89. The predicted molar refractivity (Wildman–Crippen MR) is 76.4 cm³/mol. The molecule has 0 saturated carbocycles. The van der Waals surface area contributed by atoms with Gasteiger partial charge in [-0.15, -0.1) is 0 Å². The molecular weight excluding hydrogens is 244 g/mol. The molecule has 2 atom stereocenters. The van der Waals surface area contributed by atoms with Crippen molar-refractivity contribution < 1.29 is 9.59 Å². The summed E-state index contributed by atoms with van der Waals surface area (Å²) in [4.78, 5) is 22.5.